The van der Waals surface area contributed by atoms with Crippen LogP contribution in [0.15, 0.2) is 93.1 Å². The summed E-state index contributed by atoms with van der Waals surface area (Å²) in [5.41, 5.74) is 2.25. The number of allylic oxidation sites excluding steroid dienone is 4. The van der Waals surface area contributed by atoms with Gasteiger partial charge < -0.3 is 28.2 Å². The Kier molecular flexibility index (Phi) is 40.0. The van der Waals surface area contributed by atoms with E-state index in [2.05, 4.69) is 52.3 Å². The van der Waals surface area contributed by atoms with Gasteiger partial charge in [0.2, 0.25) is 15.4 Å². The van der Waals surface area contributed by atoms with Crippen molar-refractivity contribution in [3.63, 3.8) is 0 Å². The number of hydrogen-bond acceptors (Lipinski definition) is 14. The van der Waals surface area contributed by atoms with Crippen LogP contribution in [0.25, 0.3) is 33.4 Å². The molecule has 17 nitrogen and oxygen atoms in total. The van der Waals surface area contributed by atoms with Gasteiger partial charge in [-0.1, -0.05) is 147 Å². The van der Waals surface area contributed by atoms with Gasteiger partial charge in [-0.15, -0.1) is 0 Å². The minimum atomic E-state index is -5.16. The number of esters is 2. The molecule has 1 heterocycles. The van der Waals surface area contributed by atoms with Crippen molar-refractivity contribution >= 4 is 56.6 Å². The third-order valence-electron chi connectivity index (χ3n) is 15.8. The van der Waals surface area contributed by atoms with Crippen molar-refractivity contribution in [3.05, 3.63) is 84.3 Å². The molecule has 494 valence electrons. The maximum Gasteiger partial charge on any atom is 1.00 e. The molecule has 2 N–H and O–H groups in total. The second kappa shape index (κ2) is 44.8. The van der Waals surface area contributed by atoms with E-state index in [-0.39, 0.29) is 48.0 Å². The molecule has 0 aromatic heterocycles. The quantitative estimate of drug-likeness (QED) is 0.00612. The molecule has 1 aliphatic heterocycles. The zero-order valence-electron chi connectivity index (χ0n) is 55.0. The van der Waals surface area contributed by atoms with E-state index in [0.29, 0.717) is 66.9 Å². The number of unbranched alkanes of at least 4 members (excludes halogenated alkanes) is 22. The molecule has 21 heteroatoms. The Balaban J connectivity index is 0.0000207. The summed E-state index contributed by atoms with van der Waals surface area (Å²) >= 11 is 0. The number of nitrogens with one attached hydrogen (secondary N) is 1. The summed E-state index contributed by atoms with van der Waals surface area (Å²) in [5.74, 6) is -0.670. The molecule has 0 fully saturated rings. The number of carbonyl (C=O) groups is 2. The summed E-state index contributed by atoms with van der Waals surface area (Å²) in [6.45, 7) is 12.9. The Morgan fingerprint density at radius 2 is 1.16 bits per heavy atom. The van der Waals surface area contributed by atoms with Crippen LogP contribution in [0.4, 0.5) is 5.69 Å². The second-order valence-corrected chi connectivity index (χ2v) is 27.3. The third kappa shape index (κ3) is 30.3. The van der Waals surface area contributed by atoms with Gasteiger partial charge in [-0.2, -0.15) is 0 Å². The number of rotatable bonds is 49. The first-order valence-corrected chi connectivity index (χ1v) is 37.5. The van der Waals surface area contributed by atoms with Crippen molar-refractivity contribution in [2.75, 3.05) is 57.4 Å². The Morgan fingerprint density at radius 1 is 0.640 bits per heavy atom. The summed E-state index contributed by atoms with van der Waals surface area (Å²) in [4.78, 5) is 37.6. The van der Waals surface area contributed by atoms with Crippen molar-refractivity contribution in [1.82, 2.24) is 9.30 Å². The smallest absolute Gasteiger partial charge is 0.744 e. The number of ether oxygens (including phenoxy) is 2. The van der Waals surface area contributed by atoms with E-state index in [4.69, 9.17) is 22.9 Å². The van der Waals surface area contributed by atoms with Crippen LogP contribution in [-0.2, 0) is 52.8 Å². The van der Waals surface area contributed by atoms with Gasteiger partial charge in [0, 0.05) is 72.4 Å². The van der Waals surface area contributed by atoms with Crippen LogP contribution >= 0.6 is 7.82 Å². The topological polar surface area (TPSA) is 231 Å². The van der Waals surface area contributed by atoms with E-state index in [1.165, 1.54) is 83.1 Å². The summed E-state index contributed by atoms with van der Waals surface area (Å²) in [7, 11) is -14.9. The SMILES string of the molecule is CCCCCCCC/C=C\CCCCCCCC(=O)OCC(COP(=O)(O)OCCNS(=O)(=O)c1cc(S(=O)(=O)[O-])ccc1-c1c2ccc(=[N+](CC)CC)cc-2oc2cc(N(CC)CC)ccc12)OC(=O)CCCCCCC/C=C\CCCCCCCC.[Na+]. The monoisotopic (exact) mass is 1310 g/mol. The van der Waals surface area contributed by atoms with Gasteiger partial charge >= 0.3 is 49.3 Å². The Morgan fingerprint density at radius 3 is 1.69 bits per heavy atom. The van der Waals surface area contributed by atoms with Crippen LogP contribution in [0.3, 0.4) is 0 Å². The summed E-state index contributed by atoms with van der Waals surface area (Å²) in [5, 5.41) is 1.37. The maximum absolute atomic E-state index is 14.5. The number of sulfonamides is 1. The largest absolute Gasteiger partial charge is 1.00 e. The summed E-state index contributed by atoms with van der Waals surface area (Å²) in [6, 6.07) is 14.3. The van der Waals surface area contributed by atoms with Crippen LogP contribution in [0.2, 0.25) is 0 Å². The number of anilines is 1. The molecule has 0 spiro atoms. The molecule has 2 atom stereocenters. The van der Waals surface area contributed by atoms with Gasteiger partial charge in [-0.05, 0) is 122 Å². The van der Waals surface area contributed by atoms with Crippen molar-refractivity contribution in [2.24, 2.45) is 0 Å². The Labute approximate surface area is 556 Å². The first kappa shape index (κ1) is 79.5. The zero-order valence-corrected chi connectivity index (χ0v) is 59.5. The molecular weight excluding hydrogens is 1200 g/mol. The van der Waals surface area contributed by atoms with Crippen LogP contribution in [-0.4, -0.2) is 96.9 Å². The van der Waals surface area contributed by atoms with Crippen LogP contribution in [0.5, 0.6) is 0 Å². The van der Waals surface area contributed by atoms with E-state index in [9.17, 15) is 40.4 Å². The van der Waals surface area contributed by atoms with E-state index < -0.39 is 82.2 Å². The number of fused-ring (bicyclic) bond motifs is 2. The maximum atomic E-state index is 14.5. The standard InChI is InChI=1S/C68H106N3O14PS2.Na/c1-7-13-15-17-19-21-23-25-27-29-31-33-35-37-39-41-66(72)81-54-58(84-67(73)42-40-38-36-34-32-30-28-26-24-22-20-18-16-14-8-2)55-83-86(74,75)82-50-49-69-87(76,77)65-53-59(88(78,79)80)45-48-62(65)68-60-46-43-56(70(9-3)10-4)51-63(60)85-64-52-57(44-47-61(64)68)71(11-5)12-6;/h25-28,43-48,51-53,58,69H,7-24,29-42,49-50,54-55H2,1-6H3,(H-,74,75,78,79,80);/q;+1/b27-25-,28-26-;. The number of nitrogens with zero attached hydrogens (tertiary/aromatic N) is 2. The molecule has 0 saturated carbocycles. The predicted molar refractivity (Wildman–Crippen MR) is 353 cm³/mol. The first-order valence-electron chi connectivity index (χ1n) is 33.1. The number of phosphoric acid groups is 1. The van der Waals surface area contributed by atoms with Gasteiger partial charge in [0.1, 0.15) is 41.2 Å². The first-order chi connectivity index (χ1) is 42.4. The molecule has 2 aromatic carbocycles. The second-order valence-electron chi connectivity index (χ2n) is 22.8. The van der Waals surface area contributed by atoms with Gasteiger partial charge in [0.25, 0.3) is 0 Å². The normalized spacial score (nSPS) is 13.1. The van der Waals surface area contributed by atoms with Gasteiger partial charge in [-0.3, -0.25) is 18.6 Å². The zero-order chi connectivity index (χ0) is 64.1. The summed E-state index contributed by atoms with van der Waals surface area (Å²) < 4.78 is 112. The van der Waals surface area contributed by atoms with Crippen molar-refractivity contribution < 1.29 is 92.9 Å². The fourth-order valence-corrected chi connectivity index (χ4v) is 13.3. The van der Waals surface area contributed by atoms with Gasteiger partial charge in [-0.25, -0.2) is 30.7 Å². The summed E-state index contributed by atoms with van der Waals surface area (Å²) in [6.07, 6.45) is 36.8. The van der Waals surface area contributed by atoms with Gasteiger partial charge in [0.05, 0.1) is 29.1 Å². The van der Waals surface area contributed by atoms with E-state index in [1.54, 1.807) is 0 Å². The minimum Gasteiger partial charge on any atom is -0.744 e. The fraction of sp³-hybridized carbons (Fsp3) is 0.632. The van der Waals surface area contributed by atoms with Crippen LogP contribution in [0, 0.1) is 0 Å². The molecule has 0 bridgehead atoms. The van der Waals surface area contributed by atoms with E-state index >= 15 is 0 Å². The average Bonchev–Trinajstić information content (AvgIpc) is 1.25. The van der Waals surface area contributed by atoms with E-state index in [1.807, 2.05) is 64.1 Å². The number of benzene rings is 3. The van der Waals surface area contributed by atoms with Crippen molar-refractivity contribution in [2.45, 2.75) is 237 Å². The molecule has 0 amide bonds. The van der Waals surface area contributed by atoms with Crippen molar-refractivity contribution in [3.8, 4) is 22.5 Å². The molecule has 4 rings (SSSR count). The molecule has 2 aromatic rings. The van der Waals surface area contributed by atoms with Crippen molar-refractivity contribution in [1.29, 1.82) is 0 Å². The fourth-order valence-electron chi connectivity index (χ4n) is 10.7. The Bertz CT molecular complexity index is 3070. The van der Waals surface area contributed by atoms with E-state index in [0.717, 1.165) is 100 Å². The predicted octanol–water partition coefficient (Wildman–Crippen LogP) is 12.7. The Hall–Kier alpha value is -3.72. The molecule has 2 unspecified atom stereocenters. The number of carbonyl (C=O) groups excluding carboxylic acids is 2. The third-order valence-corrected chi connectivity index (χ3v) is 19.1. The molecule has 89 heavy (non-hydrogen) atoms. The number of hydrogen-bond donors (Lipinski definition) is 2. The van der Waals surface area contributed by atoms with Gasteiger partial charge in [0.15, 0.2) is 6.10 Å². The molecule has 2 aliphatic rings. The molecule has 0 radical (unpaired) electrons. The van der Waals surface area contributed by atoms with Crippen LogP contribution in [0.1, 0.15) is 221 Å². The molecular formula is C68H106N3NaO14PS2+. The minimum absolute atomic E-state index is 0. The number of phosphoric ester groups is 1. The average molecular weight is 1310 g/mol. The van der Waals surface area contributed by atoms with Crippen LogP contribution < -0.4 is 49.1 Å². The molecule has 1 aliphatic carbocycles. The molecule has 0 saturated heterocycles.